The van der Waals surface area contributed by atoms with Crippen LogP contribution < -0.4 is 19.5 Å². The van der Waals surface area contributed by atoms with Crippen molar-refractivity contribution in [3.63, 3.8) is 0 Å². The van der Waals surface area contributed by atoms with E-state index in [0.717, 1.165) is 49.4 Å². The number of carboxylic acid groups (broad SMARTS) is 1. The maximum Gasteiger partial charge on any atom is 0.329 e. The van der Waals surface area contributed by atoms with Crippen molar-refractivity contribution in [3.8, 4) is 17.2 Å². The van der Waals surface area contributed by atoms with Gasteiger partial charge in [0.05, 0.1) is 18.1 Å². The Morgan fingerprint density at radius 3 is 2.64 bits per heavy atom. The zero-order valence-corrected chi connectivity index (χ0v) is 34.5. The fourth-order valence-electron chi connectivity index (χ4n) is 10.6. The number of pyridine rings is 1. The fraction of sp³-hybridized carbons (Fsp3) is 0.591. The van der Waals surface area contributed by atoms with Gasteiger partial charge in [0.1, 0.15) is 33.8 Å². The summed E-state index contributed by atoms with van der Waals surface area (Å²) in [6.07, 6.45) is 10.5. The van der Waals surface area contributed by atoms with Crippen molar-refractivity contribution < 1.29 is 32.5 Å². The van der Waals surface area contributed by atoms with E-state index in [1.54, 1.807) is 12.1 Å². The standard InChI is InChI=1S/C44H56ClN3O7S/c1-28(26-53-38-10-17-46-37-9-4-6-29(2)41(37)38)20-31-21-30-22-39-40(55-35(27-54-39)25-48(3)34-11-18-56(51,52)19-12-34)24-36(30)43(31)13-15-44(16-14-43,42(49)50)47-33-8-5-7-32(45)23-33/h5,7-8,10,17,22-24,28-29,31,34-35,47H,4,6,9,11-16,18-21,25-27H2,1-3H3,(H,49,50)/t28-,29-,31+,35-,43?,44?/m1/s1. The molecular formula is C44H56ClN3O7S. The molecule has 10 nitrogen and oxygen atoms in total. The van der Waals surface area contributed by atoms with Crippen molar-refractivity contribution in [3.05, 3.63) is 76.1 Å². The average molecular weight is 806 g/mol. The van der Waals surface area contributed by atoms with Gasteiger partial charge in [0.2, 0.25) is 0 Å². The van der Waals surface area contributed by atoms with Gasteiger partial charge in [-0.15, -0.1) is 0 Å². The predicted octanol–water partition coefficient (Wildman–Crippen LogP) is 7.85. The van der Waals surface area contributed by atoms with Gasteiger partial charge < -0.3 is 24.6 Å². The van der Waals surface area contributed by atoms with Crippen LogP contribution in [0.2, 0.25) is 5.02 Å². The Morgan fingerprint density at radius 1 is 1.11 bits per heavy atom. The number of likely N-dealkylation sites (N-methyl/N-ethyl adjacent to an activating group) is 1. The van der Waals surface area contributed by atoms with Gasteiger partial charge in [0.15, 0.2) is 11.5 Å². The summed E-state index contributed by atoms with van der Waals surface area (Å²) in [4.78, 5) is 20.0. The zero-order chi connectivity index (χ0) is 39.2. The Hall–Kier alpha value is -3.54. The highest BCUT2D eigenvalue weighted by Gasteiger charge is 2.54. The smallest absolute Gasteiger partial charge is 0.329 e. The number of fused-ring (bicyclic) bond motifs is 4. The summed E-state index contributed by atoms with van der Waals surface area (Å²) in [5, 5.41) is 14.7. The molecular weight excluding hydrogens is 750 g/mol. The number of hydrogen-bond acceptors (Lipinski definition) is 9. The molecule has 2 aromatic carbocycles. The van der Waals surface area contributed by atoms with Crippen molar-refractivity contribution in [2.45, 2.75) is 113 Å². The van der Waals surface area contributed by atoms with E-state index in [1.807, 2.05) is 31.4 Å². The number of rotatable bonds is 11. The molecule has 2 aliphatic heterocycles. The number of benzene rings is 2. The summed E-state index contributed by atoms with van der Waals surface area (Å²) in [6.45, 7) is 6.22. The van der Waals surface area contributed by atoms with Crippen molar-refractivity contribution in [2.75, 3.05) is 43.6 Å². The quantitative estimate of drug-likeness (QED) is 0.198. The summed E-state index contributed by atoms with van der Waals surface area (Å²) in [7, 11) is -0.891. The number of aryl methyl sites for hydroxylation is 1. The van der Waals surface area contributed by atoms with E-state index in [1.165, 1.54) is 22.4 Å². The van der Waals surface area contributed by atoms with Crippen LogP contribution in [0.15, 0.2) is 48.7 Å². The molecule has 1 aromatic heterocycles. The molecule has 1 spiro atoms. The molecule has 4 atom stereocenters. The number of aliphatic carboxylic acids is 1. The molecule has 2 N–H and O–H groups in total. The molecule has 1 saturated carbocycles. The fourth-order valence-corrected chi connectivity index (χ4v) is 12.3. The SMILES string of the molecule is C[C@@H](COc1ccnc2c1[C@H](C)CCC2)C[C@H]1Cc2cc3c(cc2C12CCC(Nc1cccc(Cl)c1)(C(=O)O)CC2)O[C@H](CN(C)C1CCS(=O)(=O)CC1)CO3. The third kappa shape index (κ3) is 7.84. The number of halogens is 1. The number of aromatic nitrogens is 1. The van der Waals surface area contributed by atoms with Gasteiger partial charge >= 0.3 is 5.97 Å². The largest absolute Gasteiger partial charge is 0.493 e. The molecule has 3 heterocycles. The third-order valence-corrected chi connectivity index (χ3v) is 15.7. The normalized spacial score (nSPS) is 25.3. The molecule has 0 amide bonds. The van der Waals surface area contributed by atoms with E-state index < -0.39 is 21.3 Å². The highest BCUT2D eigenvalue weighted by Crippen LogP contribution is 2.58. The monoisotopic (exact) mass is 805 g/mol. The zero-order valence-electron chi connectivity index (χ0n) is 32.9. The molecule has 302 valence electrons. The lowest BCUT2D eigenvalue weighted by molar-refractivity contribution is -0.144. The van der Waals surface area contributed by atoms with E-state index in [2.05, 4.69) is 41.2 Å². The van der Waals surface area contributed by atoms with Gasteiger partial charge in [-0.2, -0.15) is 0 Å². The number of carboxylic acids is 1. The van der Waals surface area contributed by atoms with Gasteiger partial charge in [-0.1, -0.05) is 31.5 Å². The van der Waals surface area contributed by atoms with Crippen LogP contribution in [0.5, 0.6) is 17.2 Å². The number of nitrogens with one attached hydrogen (secondary N) is 1. The Labute approximate surface area is 336 Å². The second-order valence-corrected chi connectivity index (χ2v) is 20.3. The first-order chi connectivity index (χ1) is 26.8. The highest BCUT2D eigenvalue weighted by molar-refractivity contribution is 7.91. The number of carbonyl (C=O) groups is 1. The molecule has 5 aliphatic rings. The Morgan fingerprint density at radius 2 is 1.89 bits per heavy atom. The third-order valence-electron chi connectivity index (χ3n) is 13.7. The Bertz CT molecular complexity index is 2040. The summed E-state index contributed by atoms with van der Waals surface area (Å²) in [5.74, 6) is 3.06. The first-order valence-corrected chi connectivity index (χ1v) is 22.8. The van der Waals surface area contributed by atoms with Gasteiger partial charge in [-0.3, -0.25) is 9.88 Å². The number of hydrogen-bond donors (Lipinski definition) is 2. The van der Waals surface area contributed by atoms with E-state index in [-0.39, 0.29) is 40.9 Å². The van der Waals surface area contributed by atoms with Crippen LogP contribution in [0.3, 0.4) is 0 Å². The molecule has 0 bridgehead atoms. The van der Waals surface area contributed by atoms with E-state index in [9.17, 15) is 18.3 Å². The minimum absolute atomic E-state index is 0.191. The first-order valence-electron chi connectivity index (χ1n) is 20.6. The average Bonchev–Trinajstić information content (AvgIpc) is 3.44. The molecule has 2 fully saturated rings. The predicted molar refractivity (Wildman–Crippen MR) is 218 cm³/mol. The van der Waals surface area contributed by atoms with Crippen LogP contribution in [0, 0.1) is 11.8 Å². The Kier molecular flexibility index (Phi) is 11.0. The van der Waals surface area contributed by atoms with E-state index in [4.69, 9.17) is 25.8 Å². The van der Waals surface area contributed by atoms with Gasteiger partial charge in [-0.25, -0.2) is 13.2 Å². The summed E-state index contributed by atoms with van der Waals surface area (Å²) >= 11 is 6.31. The summed E-state index contributed by atoms with van der Waals surface area (Å²) in [5.41, 5.74) is 4.30. The number of anilines is 1. The second-order valence-electron chi connectivity index (χ2n) is 17.5. The number of ether oxygens (including phenoxy) is 3. The lowest BCUT2D eigenvalue weighted by atomic mass is 9.59. The Balaban J connectivity index is 1.03. The van der Waals surface area contributed by atoms with Crippen LogP contribution >= 0.6 is 11.6 Å². The van der Waals surface area contributed by atoms with Crippen LogP contribution in [-0.2, 0) is 32.9 Å². The molecule has 0 radical (unpaired) electrons. The highest BCUT2D eigenvalue weighted by atomic mass is 35.5. The number of nitrogens with zero attached hydrogens (tertiary/aromatic N) is 2. The summed E-state index contributed by atoms with van der Waals surface area (Å²) < 4.78 is 43.8. The molecule has 3 aromatic rings. The van der Waals surface area contributed by atoms with Crippen molar-refractivity contribution in [1.29, 1.82) is 0 Å². The van der Waals surface area contributed by atoms with E-state index in [0.29, 0.717) is 74.9 Å². The molecule has 8 rings (SSSR count). The lowest BCUT2D eigenvalue weighted by Gasteiger charge is -2.47. The topological polar surface area (TPSA) is 127 Å². The minimum atomic E-state index is -2.94. The van der Waals surface area contributed by atoms with Crippen molar-refractivity contribution in [2.24, 2.45) is 11.8 Å². The maximum absolute atomic E-state index is 13.1. The number of sulfone groups is 1. The van der Waals surface area contributed by atoms with Crippen LogP contribution in [-0.4, -0.2) is 85.4 Å². The van der Waals surface area contributed by atoms with Crippen LogP contribution in [0.25, 0.3) is 0 Å². The molecule has 12 heteroatoms. The van der Waals surface area contributed by atoms with Crippen LogP contribution in [0.4, 0.5) is 5.69 Å². The molecule has 1 saturated heterocycles. The van der Waals surface area contributed by atoms with Crippen molar-refractivity contribution >= 4 is 33.1 Å². The van der Waals surface area contributed by atoms with Gasteiger partial charge in [0, 0.05) is 40.8 Å². The summed E-state index contributed by atoms with van der Waals surface area (Å²) in [6, 6.07) is 13.9. The molecule has 0 unspecified atom stereocenters. The van der Waals surface area contributed by atoms with Gasteiger partial charge in [0.25, 0.3) is 0 Å². The molecule has 56 heavy (non-hydrogen) atoms. The molecule has 3 aliphatic carbocycles. The minimum Gasteiger partial charge on any atom is -0.493 e. The first kappa shape index (κ1) is 39.3. The van der Waals surface area contributed by atoms with Crippen LogP contribution in [0.1, 0.15) is 99.9 Å². The van der Waals surface area contributed by atoms with E-state index >= 15 is 0 Å². The van der Waals surface area contributed by atoms with Gasteiger partial charge in [-0.05, 0) is 148 Å². The maximum atomic E-state index is 13.1. The second kappa shape index (κ2) is 15.7. The van der Waals surface area contributed by atoms with Crippen molar-refractivity contribution in [1.82, 2.24) is 9.88 Å². The lowest BCUT2D eigenvalue weighted by Crippen LogP contribution is -2.53.